The van der Waals surface area contributed by atoms with Crippen LogP contribution in [0, 0.1) is 0 Å². The van der Waals surface area contributed by atoms with E-state index in [1.807, 2.05) is 0 Å². The number of rotatable bonds is 13. The molecule has 0 aliphatic rings. The van der Waals surface area contributed by atoms with E-state index in [-0.39, 0.29) is 11.5 Å². The van der Waals surface area contributed by atoms with Gasteiger partial charge in [0.2, 0.25) is 0 Å². The number of ether oxygens (including phenoxy) is 1. The maximum atomic E-state index is 6.36. The molecule has 0 spiro atoms. The Balaban J connectivity index is 2.30. The van der Waals surface area contributed by atoms with E-state index >= 15 is 0 Å². The zero-order chi connectivity index (χ0) is 19.4. The van der Waals surface area contributed by atoms with E-state index in [0.29, 0.717) is 0 Å². The SMILES string of the molecule is C=CC(c1ccccc1)(c1ccccc1)C(CCCCCCCC)OCC. The van der Waals surface area contributed by atoms with Crippen molar-refractivity contribution in [2.45, 2.75) is 70.3 Å². The van der Waals surface area contributed by atoms with Gasteiger partial charge < -0.3 is 4.74 Å². The van der Waals surface area contributed by atoms with Gasteiger partial charge in [-0.15, -0.1) is 6.58 Å². The van der Waals surface area contributed by atoms with Crippen molar-refractivity contribution in [3.05, 3.63) is 84.4 Å². The van der Waals surface area contributed by atoms with Crippen molar-refractivity contribution < 1.29 is 4.74 Å². The lowest BCUT2D eigenvalue weighted by atomic mass is 9.69. The average Bonchev–Trinajstić information content (AvgIpc) is 2.73. The third-order valence-corrected chi connectivity index (χ3v) is 5.52. The summed E-state index contributed by atoms with van der Waals surface area (Å²) < 4.78 is 6.36. The van der Waals surface area contributed by atoms with Crippen molar-refractivity contribution >= 4 is 0 Å². The van der Waals surface area contributed by atoms with E-state index in [9.17, 15) is 0 Å². The number of hydrogen-bond donors (Lipinski definition) is 0. The van der Waals surface area contributed by atoms with Gasteiger partial charge in [-0.3, -0.25) is 0 Å². The van der Waals surface area contributed by atoms with Crippen LogP contribution in [-0.2, 0) is 10.2 Å². The number of benzene rings is 2. The molecule has 2 rings (SSSR count). The fourth-order valence-electron chi connectivity index (χ4n) is 4.09. The predicted octanol–water partition coefficient (Wildman–Crippen LogP) is 7.31. The van der Waals surface area contributed by atoms with Gasteiger partial charge >= 0.3 is 0 Å². The van der Waals surface area contributed by atoms with E-state index in [2.05, 4.69) is 87.2 Å². The van der Waals surface area contributed by atoms with Crippen LogP contribution >= 0.6 is 0 Å². The van der Waals surface area contributed by atoms with E-state index < -0.39 is 0 Å². The highest BCUT2D eigenvalue weighted by Gasteiger charge is 2.39. The zero-order valence-corrected chi connectivity index (χ0v) is 17.2. The van der Waals surface area contributed by atoms with Gasteiger partial charge in [-0.2, -0.15) is 0 Å². The molecule has 2 aromatic rings. The van der Waals surface area contributed by atoms with E-state index in [4.69, 9.17) is 4.74 Å². The van der Waals surface area contributed by atoms with Gasteiger partial charge in [-0.25, -0.2) is 0 Å². The first-order valence-electron chi connectivity index (χ1n) is 10.7. The second kappa shape index (κ2) is 11.8. The van der Waals surface area contributed by atoms with Crippen LogP contribution < -0.4 is 0 Å². The molecule has 0 aromatic heterocycles. The standard InChI is InChI=1S/C26H36O/c1-4-7-8-9-10-17-22-25(27-6-3)26(5-2,23-18-13-11-14-19-23)24-20-15-12-16-21-24/h5,11-16,18-21,25H,2,4,6-10,17,22H2,1,3H3. The summed E-state index contributed by atoms with van der Waals surface area (Å²) in [7, 11) is 0. The van der Waals surface area contributed by atoms with E-state index in [0.717, 1.165) is 13.0 Å². The minimum absolute atomic E-state index is 0.0935. The third kappa shape index (κ3) is 5.56. The summed E-state index contributed by atoms with van der Waals surface area (Å²) in [6.07, 6.45) is 11.0. The highest BCUT2D eigenvalue weighted by Crippen LogP contribution is 2.40. The molecule has 2 aromatic carbocycles. The minimum Gasteiger partial charge on any atom is -0.377 e. The molecule has 0 heterocycles. The molecule has 146 valence electrons. The molecule has 0 radical (unpaired) electrons. The first kappa shape index (κ1) is 21.4. The quantitative estimate of drug-likeness (QED) is 0.267. The zero-order valence-electron chi connectivity index (χ0n) is 17.2. The summed E-state index contributed by atoms with van der Waals surface area (Å²) in [6, 6.07) is 21.5. The van der Waals surface area contributed by atoms with Crippen LogP contribution in [0.5, 0.6) is 0 Å². The Labute approximate surface area is 166 Å². The molecule has 0 amide bonds. The molecule has 0 aliphatic heterocycles. The van der Waals surface area contributed by atoms with Crippen molar-refractivity contribution in [1.82, 2.24) is 0 Å². The fraction of sp³-hybridized carbons (Fsp3) is 0.462. The van der Waals surface area contributed by atoms with Gasteiger partial charge in [0.15, 0.2) is 0 Å². The Morgan fingerprint density at radius 2 is 1.33 bits per heavy atom. The topological polar surface area (TPSA) is 9.23 Å². The van der Waals surface area contributed by atoms with E-state index in [1.54, 1.807) is 0 Å². The Morgan fingerprint density at radius 3 is 1.81 bits per heavy atom. The molecule has 0 saturated carbocycles. The lowest BCUT2D eigenvalue weighted by Crippen LogP contribution is -2.41. The van der Waals surface area contributed by atoms with Crippen LogP contribution in [0.2, 0.25) is 0 Å². The minimum atomic E-state index is -0.318. The molecular weight excluding hydrogens is 328 g/mol. The highest BCUT2D eigenvalue weighted by atomic mass is 16.5. The van der Waals surface area contributed by atoms with Crippen molar-refractivity contribution in [3.8, 4) is 0 Å². The van der Waals surface area contributed by atoms with Crippen LogP contribution in [0.3, 0.4) is 0 Å². The van der Waals surface area contributed by atoms with Gasteiger partial charge in [0.1, 0.15) is 0 Å². The second-order valence-corrected chi connectivity index (χ2v) is 7.31. The van der Waals surface area contributed by atoms with Gasteiger partial charge in [0.05, 0.1) is 11.5 Å². The lowest BCUT2D eigenvalue weighted by molar-refractivity contribution is 0.0228. The molecule has 0 bridgehead atoms. The van der Waals surface area contributed by atoms with Crippen LogP contribution in [-0.4, -0.2) is 12.7 Å². The molecular formula is C26H36O. The smallest absolute Gasteiger partial charge is 0.0747 e. The molecule has 0 aliphatic carbocycles. The van der Waals surface area contributed by atoms with Crippen molar-refractivity contribution in [2.75, 3.05) is 6.61 Å². The first-order valence-corrected chi connectivity index (χ1v) is 10.7. The van der Waals surface area contributed by atoms with Gasteiger partial charge in [0, 0.05) is 6.61 Å². The fourth-order valence-corrected chi connectivity index (χ4v) is 4.09. The largest absolute Gasteiger partial charge is 0.377 e. The molecule has 27 heavy (non-hydrogen) atoms. The summed E-state index contributed by atoms with van der Waals surface area (Å²) in [5.74, 6) is 0. The Bertz CT molecular complexity index is 592. The van der Waals surface area contributed by atoms with Crippen molar-refractivity contribution in [2.24, 2.45) is 0 Å². The first-order chi connectivity index (χ1) is 13.3. The monoisotopic (exact) mass is 364 g/mol. The normalized spacial score (nSPS) is 12.7. The molecule has 0 saturated heterocycles. The molecule has 1 atom stereocenters. The third-order valence-electron chi connectivity index (χ3n) is 5.52. The Hall–Kier alpha value is -1.86. The number of unbranched alkanes of at least 4 members (excludes halogenated alkanes) is 5. The average molecular weight is 365 g/mol. The van der Waals surface area contributed by atoms with Crippen molar-refractivity contribution in [3.63, 3.8) is 0 Å². The van der Waals surface area contributed by atoms with Gasteiger partial charge in [-0.1, -0.05) is 112 Å². The maximum Gasteiger partial charge on any atom is 0.0747 e. The molecule has 1 heteroatoms. The molecule has 1 nitrogen and oxygen atoms in total. The number of hydrogen-bond acceptors (Lipinski definition) is 1. The van der Waals surface area contributed by atoms with Crippen LogP contribution in [0.15, 0.2) is 73.3 Å². The van der Waals surface area contributed by atoms with Crippen LogP contribution in [0.25, 0.3) is 0 Å². The van der Waals surface area contributed by atoms with Crippen LogP contribution in [0.4, 0.5) is 0 Å². The van der Waals surface area contributed by atoms with Gasteiger partial charge in [-0.05, 0) is 24.5 Å². The molecule has 0 N–H and O–H groups in total. The summed E-state index contributed by atoms with van der Waals surface area (Å²) in [6.45, 7) is 9.36. The Kier molecular flexibility index (Phi) is 9.35. The molecule has 1 unspecified atom stereocenters. The summed E-state index contributed by atoms with van der Waals surface area (Å²) in [4.78, 5) is 0. The van der Waals surface area contributed by atoms with Crippen LogP contribution in [0.1, 0.15) is 69.9 Å². The summed E-state index contributed by atoms with van der Waals surface area (Å²) >= 11 is 0. The molecule has 0 fully saturated rings. The predicted molar refractivity (Wildman–Crippen MR) is 117 cm³/mol. The highest BCUT2D eigenvalue weighted by molar-refractivity contribution is 5.45. The van der Waals surface area contributed by atoms with E-state index in [1.165, 1.54) is 49.7 Å². The second-order valence-electron chi connectivity index (χ2n) is 7.31. The van der Waals surface area contributed by atoms with Gasteiger partial charge in [0.25, 0.3) is 0 Å². The Morgan fingerprint density at radius 1 is 0.815 bits per heavy atom. The summed E-state index contributed by atoms with van der Waals surface area (Å²) in [5.41, 5.74) is 2.20. The summed E-state index contributed by atoms with van der Waals surface area (Å²) in [5, 5.41) is 0. The lowest BCUT2D eigenvalue weighted by Gasteiger charge is -2.39. The maximum absolute atomic E-state index is 6.36. The van der Waals surface area contributed by atoms with Crippen molar-refractivity contribution in [1.29, 1.82) is 0 Å².